The highest BCUT2D eigenvalue weighted by Gasteiger charge is 2.27. The third-order valence-electron chi connectivity index (χ3n) is 3.56. The van der Waals surface area contributed by atoms with Gasteiger partial charge >= 0.3 is 0 Å². The van der Waals surface area contributed by atoms with Crippen LogP contribution in [0.4, 0.5) is 0 Å². The summed E-state index contributed by atoms with van der Waals surface area (Å²) in [5, 5.41) is 11.2. The first-order chi connectivity index (χ1) is 11.1. The topological polar surface area (TPSA) is 83.1 Å². The van der Waals surface area contributed by atoms with E-state index in [-0.39, 0.29) is 11.1 Å². The summed E-state index contributed by atoms with van der Waals surface area (Å²) in [6.45, 7) is 1.57. The van der Waals surface area contributed by atoms with Crippen molar-refractivity contribution in [3.63, 3.8) is 0 Å². The molecule has 0 spiro atoms. The third-order valence-corrected chi connectivity index (χ3v) is 3.56. The van der Waals surface area contributed by atoms with Crippen LogP contribution in [0.2, 0.25) is 0 Å². The van der Waals surface area contributed by atoms with E-state index >= 15 is 0 Å². The Morgan fingerprint density at radius 3 is 2.52 bits per heavy atom. The van der Waals surface area contributed by atoms with Gasteiger partial charge in [-0.1, -0.05) is 30.3 Å². The lowest BCUT2D eigenvalue weighted by Crippen LogP contribution is -2.37. The van der Waals surface area contributed by atoms with Gasteiger partial charge in [-0.2, -0.15) is 5.26 Å². The van der Waals surface area contributed by atoms with Gasteiger partial charge in [-0.15, -0.1) is 0 Å². The average Bonchev–Trinajstić information content (AvgIpc) is 3.01. The van der Waals surface area contributed by atoms with Gasteiger partial charge in [-0.05, 0) is 30.7 Å². The van der Waals surface area contributed by atoms with Crippen LogP contribution in [-0.4, -0.2) is 11.8 Å². The minimum Gasteiger partial charge on any atom is -0.457 e. The molecule has 1 aliphatic rings. The Hall–Kier alpha value is -3.39. The molecule has 2 heterocycles. The fraction of sp³-hybridized carbons (Fsp3) is 0.0556. The number of furan rings is 1. The lowest BCUT2D eigenvalue weighted by molar-refractivity contribution is -0.126. The molecule has 1 aromatic heterocycles. The number of benzene rings is 1. The predicted molar refractivity (Wildman–Crippen MR) is 83.6 cm³/mol. The molecular formula is C18H12N2O3. The maximum absolute atomic E-state index is 12.0. The minimum atomic E-state index is -0.670. The van der Waals surface area contributed by atoms with Gasteiger partial charge in [0.1, 0.15) is 23.2 Å². The first-order valence-corrected chi connectivity index (χ1v) is 6.94. The van der Waals surface area contributed by atoms with Crippen LogP contribution in [0.1, 0.15) is 12.7 Å². The van der Waals surface area contributed by atoms with Gasteiger partial charge in [0.2, 0.25) is 0 Å². The molecule has 1 N–H and O–H groups in total. The molecule has 5 heteroatoms. The average molecular weight is 304 g/mol. The summed E-state index contributed by atoms with van der Waals surface area (Å²) < 4.78 is 5.72. The molecule has 0 unspecified atom stereocenters. The molecule has 0 fully saturated rings. The molecule has 0 saturated carbocycles. The number of carbonyl (C=O) groups excluding carboxylic acids is 2. The molecule has 0 bridgehead atoms. The summed E-state index contributed by atoms with van der Waals surface area (Å²) in [7, 11) is 0. The van der Waals surface area contributed by atoms with Crippen LogP contribution in [0.3, 0.4) is 0 Å². The number of nitrogens with one attached hydrogen (secondary N) is 1. The number of amides is 2. The standard InChI is InChI=1S/C18H12N2O3/c1-11-14(17(21)20-18(22)15(11)10-19)9-13-7-8-16(23-13)12-5-3-2-4-6-12/h2-9H,1H3,(H,20,21,22)/b14-9+. The fourth-order valence-corrected chi connectivity index (χ4v) is 2.35. The summed E-state index contributed by atoms with van der Waals surface area (Å²) in [4.78, 5) is 23.5. The normalized spacial score (nSPS) is 16.4. The molecule has 1 aliphatic heterocycles. The Bertz CT molecular complexity index is 896. The summed E-state index contributed by atoms with van der Waals surface area (Å²) in [5.74, 6) is -0.0624. The summed E-state index contributed by atoms with van der Waals surface area (Å²) in [6, 6.07) is 14.9. The van der Waals surface area contributed by atoms with E-state index in [9.17, 15) is 9.59 Å². The van der Waals surface area contributed by atoms with Crippen LogP contribution >= 0.6 is 0 Å². The van der Waals surface area contributed by atoms with E-state index in [4.69, 9.17) is 9.68 Å². The van der Waals surface area contributed by atoms with Crippen molar-refractivity contribution in [2.45, 2.75) is 6.92 Å². The smallest absolute Gasteiger partial charge is 0.269 e. The van der Waals surface area contributed by atoms with Crippen LogP contribution in [0.25, 0.3) is 17.4 Å². The summed E-state index contributed by atoms with van der Waals surface area (Å²) in [6.07, 6.45) is 1.53. The second kappa shape index (κ2) is 5.78. The van der Waals surface area contributed by atoms with Gasteiger partial charge in [0, 0.05) is 11.1 Å². The molecule has 2 aromatic rings. The summed E-state index contributed by atoms with van der Waals surface area (Å²) >= 11 is 0. The van der Waals surface area contributed by atoms with Gasteiger partial charge in [-0.25, -0.2) is 0 Å². The van der Waals surface area contributed by atoms with Crippen molar-refractivity contribution in [2.75, 3.05) is 0 Å². The summed E-state index contributed by atoms with van der Waals surface area (Å²) in [5.41, 5.74) is 1.45. The number of rotatable bonds is 2. The fourth-order valence-electron chi connectivity index (χ4n) is 2.35. The zero-order valence-corrected chi connectivity index (χ0v) is 12.3. The molecule has 0 aliphatic carbocycles. The van der Waals surface area contributed by atoms with Crippen molar-refractivity contribution < 1.29 is 14.0 Å². The number of nitrogens with zero attached hydrogens (tertiary/aromatic N) is 1. The Balaban J connectivity index is 2.01. The Labute approximate surface area is 132 Å². The quantitative estimate of drug-likeness (QED) is 0.683. The van der Waals surface area contributed by atoms with E-state index in [1.165, 1.54) is 6.08 Å². The highest BCUT2D eigenvalue weighted by atomic mass is 16.3. The molecule has 2 amide bonds. The molecule has 0 atom stereocenters. The first kappa shape index (κ1) is 14.5. The SMILES string of the molecule is CC1=C(C#N)C(=O)NC(=O)/C1=C/c1ccc(-c2ccccc2)o1. The van der Waals surface area contributed by atoms with E-state index in [1.54, 1.807) is 19.1 Å². The monoisotopic (exact) mass is 304 g/mol. The Morgan fingerprint density at radius 1 is 1.09 bits per heavy atom. The van der Waals surface area contributed by atoms with Crippen molar-refractivity contribution in [1.29, 1.82) is 5.26 Å². The number of hydrogen-bond acceptors (Lipinski definition) is 4. The van der Waals surface area contributed by atoms with Crippen LogP contribution in [0.5, 0.6) is 0 Å². The lowest BCUT2D eigenvalue weighted by Gasteiger charge is -2.15. The molecule has 3 rings (SSSR count). The zero-order valence-electron chi connectivity index (χ0n) is 12.3. The van der Waals surface area contributed by atoms with Crippen LogP contribution in [-0.2, 0) is 9.59 Å². The Morgan fingerprint density at radius 2 is 1.83 bits per heavy atom. The molecule has 5 nitrogen and oxygen atoms in total. The van der Waals surface area contributed by atoms with E-state index in [2.05, 4.69) is 5.32 Å². The van der Waals surface area contributed by atoms with E-state index < -0.39 is 11.8 Å². The van der Waals surface area contributed by atoms with Crippen LogP contribution in [0.15, 0.2) is 63.6 Å². The zero-order chi connectivity index (χ0) is 16.4. The van der Waals surface area contributed by atoms with Crippen molar-refractivity contribution in [3.8, 4) is 17.4 Å². The van der Waals surface area contributed by atoms with Gasteiger partial charge < -0.3 is 4.42 Å². The largest absolute Gasteiger partial charge is 0.457 e. The van der Waals surface area contributed by atoms with E-state index in [1.807, 2.05) is 36.4 Å². The van der Waals surface area contributed by atoms with E-state index in [0.717, 1.165) is 5.56 Å². The third kappa shape index (κ3) is 2.70. The van der Waals surface area contributed by atoms with Gasteiger partial charge in [-0.3, -0.25) is 14.9 Å². The van der Waals surface area contributed by atoms with Gasteiger partial charge in [0.05, 0.1) is 0 Å². The predicted octanol–water partition coefficient (Wildman–Crippen LogP) is 2.83. The van der Waals surface area contributed by atoms with Crippen molar-refractivity contribution >= 4 is 17.9 Å². The highest BCUT2D eigenvalue weighted by molar-refractivity contribution is 6.19. The van der Waals surface area contributed by atoms with Crippen molar-refractivity contribution in [3.05, 3.63) is 64.9 Å². The first-order valence-electron chi connectivity index (χ1n) is 6.94. The molecular weight excluding hydrogens is 292 g/mol. The second-order valence-electron chi connectivity index (χ2n) is 5.02. The number of carbonyl (C=O) groups is 2. The molecule has 1 aromatic carbocycles. The lowest BCUT2D eigenvalue weighted by atomic mass is 9.96. The van der Waals surface area contributed by atoms with Crippen LogP contribution in [0, 0.1) is 11.3 Å². The van der Waals surface area contributed by atoms with Crippen molar-refractivity contribution in [1.82, 2.24) is 5.32 Å². The molecule has 23 heavy (non-hydrogen) atoms. The van der Waals surface area contributed by atoms with Crippen LogP contribution < -0.4 is 5.32 Å². The van der Waals surface area contributed by atoms with Gasteiger partial charge in [0.25, 0.3) is 11.8 Å². The van der Waals surface area contributed by atoms with Crippen molar-refractivity contribution in [2.24, 2.45) is 0 Å². The highest BCUT2D eigenvalue weighted by Crippen LogP contribution is 2.26. The molecule has 0 radical (unpaired) electrons. The van der Waals surface area contributed by atoms with Gasteiger partial charge in [0.15, 0.2) is 0 Å². The number of nitriles is 1. The molecule has 112 valence electrons. The van der Waals surface area contributed by atoms with E-state index in [0.29, 0.717) is 17.1 Å². The molecule has 0 saturated heterocycles. The number of hydrogen-bond donors (Lipinski definition) is 1. The maximum Gasteiger partial charge on any atom is 0.269 e. The maximum atomic E-state index is 12.0. The Kier molecular flexibility index (Phi) is 3.65. The second-order valence-corrected chi connectivity index (χ2v) is 5.02. The number of imide groups is 1. The minimum absolute atomic E-state index is 0.0642.